The third kappa shape index (κ3) is 3.02. The summed E-state index contributed by atoms with van der Waals surface area (Å²) < 4.78 is 0. The molecule has 0 aliphatic carbocycles. The molecule has 2 aromatic rings. The number of likely N-dealkylation sites (tertiary alicyclic amines) is 1. The average molecular weight is 287 g/mol. The first-order valence-electron chi connectivity index (χ1n) is 7.20. The van der Waals surface area contributed by atoms with Crippen LogP contribution < -0.4 is 5.73 Å². The van der Waals surface area contributed by atoms with E-state index in [9.17, 15) is 0 Å². The van der Waals surface area contributed by atoms with Gasteiger partial charge in [-0.05, 0) is 49.9 Å². The Kier molecular flexibility index (Phi) is 4.03. The number of aryl methyl sites for hydroxylation is 1. The Bertz CT molecular complexity index is 571. The van der Waals surface area contributed by atoms with Crippen LogP contribution in [0.4, 0.5) is 5.13 Å². The molecule has 3 rings (SSSR count). The van der Waals surface area contributed by atoms with E-state index >= 15 is 0 Å². The van der Waals surface area contributed by atoms with E-state index in [0.717, 1.165) is 25.6 Å². The highest BCUT2D eigenvalue weighted by Gasteiger charge is 2.21. The summed E-state index contributed by atoms with van der Waals surface area (Å²) in [6.07, 6.45) is 4.41. The molecule has 2 heterocycles. The third-order valence-corrected chi connectivity index (χ3v) is 4.98. The van der Waals surface area contributed by atoms with Crippen molar-refractivity contribution < 1.29 is 0 Å². The summed E-state index contributed by atoms with van der Waals surface area (Å²) in [5, 5.41) is 0.676. The second kappa shape index (κ2) is 5.94. The van der Waals surface area contributed by atoms with Crippen LogP contribution in [0.15, 0.2) is 30.5 Å². The molecule has 0 bridgehead atoms. The summed E-state index contributed by atoms with van der Waals surface area (Å²) >= 11 is 1.61. The lowest BCUT2D eigenvalue weighted by Gasteiger charge is -2.32. The molecule has 20 heavy (non-hydrogen) atoms. The van der Waals surface area contributed by atoms with Crippen LogP contribution >= 0.6 is 11.3 Å². The van der Waals surface area contributed by atoms with Gasteiger partial charge in [-0.2, -0.15) is 0 Å². The van der Waals surface area contributed by atoms with Crippen molar-refractivity contribution in [3.8, 4) is 0 Å². The number of aromatic nitrogens is 1. The number of benzene rings is 1. The van der Waals surface area contributed by atoms with Gasteiger partial charge >= 0.3 is 0 Å². The summed E-state index contributed by atoms with van der Waals surface area (Å²) in [5.74, 6) is 0.721. The number of piperidine rings is 1. The summed E-state index contributed by atoms with van der Waals surface area (Å²) in [6.45, 7) is 5.55. The summed E-state index contributed by atoms with van der Waals surface area (Å²) in [5.41, 5.74) is 8.66. The van der Waals surface area contributed by atoms with Crippen molar-refractivity contribution in [1.29, 1.82) is 0 Å². The van der Waals surface area contributed by atoms with Crippen LogP contribution in [0, 0.1) is 6.92 Å². The van der Waals surface area contributed by atoms with Gasteiger partial charge in [0.1, 0.15) is 0 Å². The van der Waals surface area contributed by atoms with E-state index in [-0.39, 0.29) is 0 Å². The number of nitrogens with two attached hydrogens (primary N) is 1. The van der Waals surface area contributed by atoms with Gasteiger partial charge in [-0.25, -0.2) is 4.98 Å². The first-order chi connectivity index (χ1) is 9.72. The normalized spacial score (nSPS) is 17.4. The Hall–Kier alpha value is -1.39. The van der Waals surface area contributed by atoms with Crippen molar-refractivity contribution in [3.05, 3.63) is 46.5 Å². The number of hydrogen-bond donors (Lipinski definition) is 1. The first-order valence-corrected chi connectivity index (χ1v) is 8.02. The topological polar surface area (TPSA) is 42.2 Å². The molecular formula is C16H21N3S. The van der Waals surface area contributed by atoms with Crippen molar-refractivity contribution >= 4 is 16.5 Å². The van der Waals surface area contributed by atoms with E-state index in [0.29, 0.717) is 5.13 Å². The standard InChI is InChI=1S/C16H21N3S/c1-12-4-2-3-5-15(12)13-6-8-19(9-7-13)11-14-10-18-16(17)20-14/h2-5,10,13H,6-9,11H2,1H3,(H2,17,18). The Balaban J connectivity index is 1.58. The molecule has 1 aliphatic rings. The quantitative estimate of drug-likeness (QED) is 0.940. The summed E-state index contributed by atoms with van der Waals surface area (Å²) in [4.78, 5) is 7.92. The fraction of sp³-hybridized carbons (Fsp3) is 0.438. The molecular weight excluding hydrogens is 266 g/mol. The maximum absolute atomic E-state index is 5.69. The van der Waals surface area contributed by atoms with Crippen LogP contribution in [-0.2, 0) is 6.54 Å². The average Bonchev–Trinajstić information content (AvgIpc) is 2.86. The minimum absolute atomic E-state index is 0.676. The fourth-order valence-electron chi connectivity index (χ4n) is 3.06. The van der Waals surface area contributed by atoms with Gasteiger partial charge < -0.3 is 5.73 Å². The second-order valence-electron chi connectivity index (χ2n) is 5.57. The molecule has 0 radical (unpaired) electrons. The van der Waals surface area contributed by atoms with E-state index in [1.54, 1.807) is 11.3 Å². The highest BCUT2D eigenvalue weighted by molar-refractivity contribution is 7.15. The van der Waals surface area contributed by atoms with Crippen LogP contribution in [0.3, 0.4) is 0 Å². The third-order valence-electron chi connectivity index (χ3n) is 4.17. The molecule has 4 heteroatoms. The number of thiazole rings is 1. The molecule has 0 unspecified atom stereocenters. The Labute approximate surface area is 124 Å². The van der Waals surface area contributed by atoms with Crippen LogP contribution in [0.2, 0.25) is 0 Å². The molecule has 0 spiro atoms. The van der Waals surface area contributed by atoms with Gasteiger partial charge in [0, 0.05) is 17.6 Å². The predicted octanol–water partition coefficient (Wildman–Crippen LogP) is 3.41. The highest BCUT2D eigenvalue weighted by atomic mass is 32.1. The smallest absolute Gasteiger partial charge is 0.180 e. The molecule has 1 saturated heterocycles. The van der Waals surface area contributed by atoms with Crippen molar-refractivity contribution in [2.24, 2.45) is 0 Å². The van der Waals surface area contributed by atoms with Gasteiger partial charge in [0.2, 0.25) is 0 Å². The maximum Gasteiger partial charge on any atom is 0.180 e. The summed E-state index contributed by atoms with van der Waals surface area (Å²) in [6, 6.07) is 8.80. The van der Waals surface area contributed by atoms with Gasteiger partial charge in [0.25, 0.3) is 0 Å². The molecule has 1 fully saturated rings. The van der Waals surface area contributed by atoms with E-state index in [1.807, 2.05) is 6.20 Å². The van der Waals surface area contributed by atoms with E-state index in [2.05, 4.69) is 41.1 Å². The minimum atomic E-state index is 0.676. The van der Waals surface area contributed by atoms with Crippen LogP contribution in [0.5, 0.6) is 0 Å². The lowest BCUT2D eigenvalue weighted by Crippen LogP contribution is -2.32. The van der Waals surface area contributed by atoms with E-state index in [4.69, 9.17) is 5.73 Å². The lowest BCUT2D eigenvalue weighted by atomic mass is 9.87. The van der Waals surface area contributed by atoms with Crippen molar-refractivity contribution in [2.45, 2.75) is 32.2 Å². The molecule has 0 atom stereocenters. The molecule has 3 nitrogen and oxygen atoms in total. The number of nitrogens with zero attached hydrogens (tertiary/aromatic N) is 2. The molecule has 2 N–H and O–H groups in total. The number of rotatable bonds is 3. The SMILES string of the molecule is Cc1ccccc1C1CCN(Cc2cnc(N)s2)CC1. The van der Waals surface area contributed by atoms with Crippen LogP contribution in [-0.4, -0.2) is 23.0 Å². The number of nitrogen functional groups attached to an aromatic ring is 1. The highest BCUT2D eigenvalue weighted by Crippen LogP contribution is 2.31. The molecule has 1 aromatic heterocycles. The number of anilines is 1. The van der Waals surface area contributed by atoms with E-state index in [1.165, 1.54) is 28.8 Å². The molecule has 0 amide bonds. The lowest BCUT2D eigenvalue weighted by molar-refractivity contribution is 0.206. The van der Waals surface area contributed by atoms with Crippen LogP contribution in [0.25, 0.3) is 0 Å². The van der Waals surface area contributed by atoms with E-state index < -0.39 is 0 Å². The maximum atomic E-state index is 5.69. The monoisotopic (exact) mass is 287 g/mol. The Morgan fingerprint density at radius 2 is 2.05 bits per heavy atom. The largest absolute Gasteiger partial charge is 0.375 e. The zero-order valence-corrected chi connectivity index (χ0v) is 12.7. The van der Waals surface area contributed by atoms with Gasteiger partial charge in [-0.15, -0.1) is 11.3 Å². The fourth-order valence-corrected chi connectivity index (χ4v) is 3.79. The zero-order valence-electron chi connectivity index (χ0n) is 11.9. The van der Waals surface area contributed by atoms with Crippen molar-refractivity contribution in [1.82, 2.24) is 9.88 Å². The minimum Gasteiger partial charge on any atom is -0.375 e. The zero-order chi connectivity index (χ0) is 13.9. The van der Waals surface area contributed by atoms with Gasteiger partial charge in [0.05, 0.1) is 0 Å². The molecule has 0 saturated carbocycles. The van der Waals surface area contributed by atoms with Crippen molar-refractivity contribution in [2.75, 3.05) is 18.8 Å². The second-order valence-corrected chi connectivity index (χ2v) is 6.72. The molecule has 106 valence electrons. The van der Waals surface area contributed by atoms with Crippen LogP contribution in [0.1, 0.15) is 34.8 Å². The summed E-state index contributed by atoms with van der Waals surface area (Å²) in [7, 11) is 0. The Morgan fingerprint density at radius 1 is 1.30 bits per heavy atom. The van der Waals surface area contributed by atoms with Crippen molar-refractivity contribution in [3.63, 3.8) is 0 Å². The first kappa shape index (κ1) is 13.6. The Morgan fingerprint density at radius 3 is 2.70 bits per heavy atom. The van der Waals surface area contributed by atoms with Gasteiger partial charge in [0.15, 0.2) is 5.13 Å². The number of hydrogen-bond acceptors (Lipinski definition) is 4. The predicted molar refractivity (Wildman–Crippen MR) is 85.0 cm³/mol. The van der Waals surface area contributed by atoms with Gasteiger partial charge in [-0.1, -0.05) is 24.3 Å². The molecule has 1 aromatic carbocycles. The molecule has 1 aliphatic heterocycles. The van der Waals surface area contributed by atoms with Gasteiger partial charge in [-0.3, -0.25) is 4.90 Å².